The van der Waals surface area contributed by atoms with Crippen LogP contribution in [0.3, 0.4) is 0 Å². The van der Waals surface area contributed by atoms with E-state index in [9.17, 15) is 14.7 Å². The monoisotopic (exact) mass is 375 g/mol. The molecule has 0 aromatic heterocycles. The van der Waals surface area contributed by atoms with Crippen molar-refractivity contribution in [3.05, 3.63) is 28.2 Å². The van der Waals surface area contributed by atoms with Crippen molar-refractivity contribution in [2.45, 2.75) is 19.4 Å². The molecule has 132 valence electrons. The maximum absolute atomic E-state index is 12.5. The Morgan fingerprint density at radius 1 is 1.42 bits per heavy atom. The molecule has 1 aromatic carbocycles. The zero-order chi connectivity index (χ0) is 17.9. The third-order valence-corrected chi connectivity index (χ3v) is 4.62. The number of hydrogen-bond acceptors (Lipinski definition) is 4. The first-order valence-corrected chi connectivity index (χ1v) is 8.17. The van der Waals surface area contributed by atoms with E-state index in [4.69, 9.17) is 32.7 Å². The summed E-state index contributed by atoms with van der Waals surface area (Å²) in [6, 6.07) is 4.73. The third kappa shape index (κ3) is 3.94. The molecule has 1 amide bonds. The molecule has 1 aliphatic rings. The lowest BCUT2D eigenvalue weighted by molar-refractivity contribution is -0.152. The summed E-state index contributed by atoms with van der Waals surface area (Å²) in [4.78, 5) is 25.6. The van der Waals surface area contributed by atoms with E-state index < -0.39 is 17.5 Å². The maximum atomic E-state index is 12.5. The number of halogens is 2. The fraction of sp³-hybridized carbons (Fsp3) is 0.500. The summed E-state index contributed by atoms with van der Waals surface area (Å²) in [7, 11) is 1.45. The highest BCUT2D eigenvalue weighted by Crippen LogP contribution is 2.33. The minimum Gasteiger partial charge on any atom is -0.481 e. The molecule has 0 spiro atoms. The summed E-state index contributed by atoms with van der Waals surface area (Å²) in [5.74, 6) is -0.906. The van der Waals surface area contributed by atoms with Crippen molar-refractivity contribution in [3.8, 4) is 5.75 Å². The number of ether oxygens (including phenoxy) is 2. The molecule has 2 unspecified atom stereocenters. The number of carbonyl (C=O) groups is 2. The fourth-order valence-electron chi connectivity index (χ4n) is 2.76. The highest BCUT2D eigenvalue weighted by Gasteiger charge is 2.47. The van der Waals surface area contributed by atoms with Gasteiger partial charge in [-0.05, 0) is 31.5 Å². The van der Waals surface area contributed by atoms with Gasteiger partial charge in [-0.1, -0.05) is 23.2 Å². The summed E-state index contributed by atoms with van der Waals surface area (Å²) in [5, 5.41) is 10.2. The fourth-order valence-corrected chi connectivity index (χ4v) is 3.21. The Balaban J connectivity index is 2.05. The SMILES string of the molecule is COCC1(C(=O)O)CCN(C(=O)C(C)Oc2ccc(Cl)cc2Cl)C1. The number of aliphatic carboxylic acids is 1. The molecular weight excluding hydrogens is 357 g/mol. The van der Waals surface area contributed by atoms with Gasteiger partial charge in [0, 0.05) is 25.2 Å². The van der Waals surface area contributed by atoms with E-state index in [1.54, 1.807) is 19.1 Å². The van der Waals surface area contributed by atoms with E-state index in [-0.39, 0.29) is 19.1 Å². The zero-order valence-electron chi connectivity index (χ0n) is 13.4. The molecule has 0 radical (unpaired) electrons. The molecule has 0 saturated carbocycles. The van der Waals surface area contributed by atoms with Crippen molar-refractivity contribution < 1.29 is 24.2 Å². The molecule has 2 atom stereocenters. The van der Waals surface area contributed by atoms with Crippen LogP contribution in [0.5, 0.6) is 5.75 Å². The molecule has 6 nitrogen and oxygen atoms in total. The Morgan fingerprint density at radius 2 is 2.12 bits per heavy atom. The quantitative estimate of drug-likeness (QED) is 0.826. The summed E-state index contributed by atoms with van der Waals surface area (Å²) in [5.41, 5.74) is -1.07. The van der Waals surface area contributed by atoms with E-state index in [2.05, 4.69) is 0 Å². The molecule has 0 aliphatic carbocycles. The Hall–Kier alpha value is -1.50. The first kappa shape index (κ1) is 18.8. The Labute approximate surface area is 150 Å². The van der Waals surface area contributed by atoms with Gasteiger partial charge in [0.1, 0.15) is 11.2 Å². The van der Waals surface area contributed by atoms with Crippen LogP contribution in [-0.2, 0) is 14.3 Å². The number of benzene rings is 1. The van der Waals surface area contributed by atoms with Crippen LogP contribution in [-0.4, -0.2) is 54.8 Å². The molecule has 1 aromatic rings. The van der Waals surface area contributed by atoms with Crippen LogP contribution < -0.4 is 4.74 Å². The van der Waals surface area contributed by atoms with Crippen LogP contribution in [0.25, 0.3) is 0 Å². The molecule has 1 saturated heterocycles. The number of carbonyl (C=O) groups excluding carboxylic acids is 1. The number of nitrogens with zero attached hydrogens (tertiary/aromatic N) is 1. The van der Waals surface area contributed by atoms with Crippen LogP contribution in [0.2, 0.25) is 10.0 Å². The predicted octanol–water partition coefficient (Wildman–Crippen LogP) is 2.71. The van der Waals surface area contributed by atoms with Crippen LogP contribution in [0.1, 0.15) is 13.3 Å². The molecule has 8 heteroatoms. The average molecular weight is 376 g/mol. The van der Waals surface area contributed by atoms with Crippen LogP contribution in [0, 0.1) is 5.41 Å². The van der Waals surface area contributed by atoms with Crippen molar-refractivity contribution in [2.24, 2.45) is 5.41 Å². The second-order valence-electron chi connectivity index (χ2n) is 5.86. The van der Waals surface area contributed by atoms with Crippen molar-refractivity contribution in [2.75, 3.05) is 26.8 Å². The number of carboxylic acids is 1. The molecular formula is C16H19Cl2NO5. The maximum Gasteiger partial charge on any atom is 0.313 e. The molecule has 1 N–H and O–H groups in total. The van der Waals surface area contributed by atoms with Gasteiger partial charge >= 0.3 is 5.97 Å². The minimum absolute atomic E-state index is 0.0599. The summed E-state index contributed by atoms with van der Waals surface area (Å²) in [6.07, 6.45) is -0.452. The van der Waals surface area contributed by atoms with Gasteiger partial charge in [-0.2, -0.15) is 0 Å². The summed E-state index contributed by atoms with van der Waals surface area (Å²) in [6.45, 7) is 2.10. The van der Waals surface area contributed by atoms with Crippen molar-refractivity contribution in [1.82, 2.24) is 4.90 Å². The number of methoxy groups -OCH3 is 1. The number of rotatable bonds is 6. The van der Waals surface area contributed by atoms with Gasteiger partial charge in [-0.25, -0.2) is 0 Å². The van der Waals surface area contributed by atoms with E-state index in [1.807, 2.05) is 0 Å². The number of carboxylic acid groups (broad SMARTS) is 1. The van der Waals surface area contributed by atoms with Gasteiger partial charge in [-0.3, -0.25) is 9.59 Å². The van der Waals surface area contributed by atoms with Gasteiger partial charge in [-0.15, -0.1) is 0 Å². The molecule has 0 bridgehead atoms. The lowest BCUT2D eigenvalue weighted by atomic mass is 9.88. The smallest absolute Gasteiger partial charge is 0.313 e. The summed E-state index contributed by atoms with van der Waals surface area (Å²) >= 11 is 11.9. The van der Waals surface area contributed by atoms with E-state index in [1.165, 1.54) is 18.1 Å². The largest absolute Gasteiger partial charge is 0.481 e. The topological polar surface area (TPSA) is 76.1 Å². The van der Waals surface area contributed by atoms with E-state index in [0.29, 0.717) is 28.8 Å². The predicted molar refractivity (Wildman–Crippen MR) is 89.7 cm³/mol. The lowest BCUT2D eigenvalue weighted by Gasteiger charge is -2.25. The molecule has 1 fully saturated rings. The third-order valence-electron chi connectivity index (χ3n) is 4.09. The molecule has 2 rings (SSSR count). The summed E-state index contributed by atoms with van der Waals surface area (Å²) < 4.78 is 10.6. The number of hydrogen-bond donors (Lipinski definition) is 1. The Bertz CT molecular complexity index is 639. The Morgan fingerprint density at radius 3 is 2.71 bits per heavy atom. The second kappa shape index (κ2) is 7.59. The normalized spacial score (nSPS) is 21.6. The minimum atomic E-state index is -1.07. The number of amides is 1. The van der Waals surface area contributed by atoms with Gasteiger partial charge in [0.15, 0.2) is 6.10 Å². The van der Waals surface area contributed by atoms with Crippen LogP contribution in [0.15, 0.2) is 18.2 Å². The van der Waals surface area contributed by atoms with E-state index in [0.717, 1.165) is 0 Å². The lowest BCUT2D eigenvalue weighted by Crippen LogP contribution is -2.43. The molecule has 1 heterocycles. The second-order valence-corrected chi connectivity index (χ2v) is 6.71. The standard InChI is InChI=1S/C16H19Cl2NO5/c1-10(24-13-4-3-11(17)7-12(13)18)14(20)19-6-5-16(8-19,9-23-2)15(21)22/h3-4,7,10H,5-6,8-9H2,1-2H3,(H,21,22). The first-order valence-electron chi connectivity index (χ1n) is 7.42. The first-order chi connectivity index (χ1) is 11.3. The highest BCUT2D eigenvalue weighted by atomic mass is 35.5. The van der Waals surface area contributed by atoms with Gasteiger partial charge < -0.3 is 19.5 Å². The molecule has 1 aliphatic heterocycles. The van der Waals surface area contributed by atoms with Crippen LogP contribution in [0.4, 0.5) is 0 Å². The zero-order valence-corrected chi connectivity index (χ0v) is 14.9. The van der Waals surface area contributed by atoms with Crippen LogP contribution >= 0.6 is 23.2 Å². The van der Waals surface area contributed by atoms with Gasteiger partial charge in [0.25, 0.3) is 5.91 Å². The molecule has 24 heavy (non-hydrogen) atoms. The number of likely N-dealkylation sites (tertiary alicyclic amines) is 1. The van der Waals surface area contributed by atoms with E-state index >= 15 is 0 Å². The Kier molecular flexibility index (Phi) is 5.96. The van der Waals surface area contributed by atoms with Gasteiger partial charge in [0.2, 0.25) is 0 Å². The van der Waals surface area contributed by atoms with Crippen molar-refractivity contribution in [1.29, 1.82) is 0 Å². The van der Waals surface area contributed by atoms with Gasteiger partial charge in [0.05, 0.1) is 11.6 Å². The van der Waals surface area contributed by atoms with Crippen molar-refractivity contribution in [3.63, 3.8) is 0 Å². The average Bonchev–Trinajstić information content (AvgIpc) is 2.95. The highest BCUT2D eigenvalue weighted by molar-refractivity contribution is 6.35. The van der Waals surface area contributed by atoms with Crippen molar-refractivity contribution >= 4 is 35.1 Å².